The van der Waals surface area contributed by atoms with E-state index >= 15 is 0 Å². The van der Waals surface area contributed by atoms with Crippen LogP contribution in [0.2, 0.25) is 6.04 Å². The van der Waals surface area contributed by atoms with Crippen LogP contribution in [-0.2, 0) is 13.3 Å². The summed E-state index contributed by atoms with van der Waals surface area (Å²) in [6, 6.07) is 0.776. The van der Waals surface area contributed by atoms with E-state index in [1.54, 1.807) is 14.2 Å². The molecule has 0 aliphatic rings. The highest BCUT2D eigenvalue weighted by atomic mass is 28.4. The monoisotopic (exact) mass is 222 g/mol. The lowest BCUT2D eigenvalue weighted by Crippen LogP contribution is -2.49. The Morgan fingerprint density at radius 3 is 2.21 bits per heavy atom. The van der Waals surface area contributed by atoms with Gasteiger partial charge in [-0.3, -0.25) is 0 Å². The third-order valence-electron chi connectivity index (χ3n) is 1.96. The molecule has 1 unspecified atom stereocenters. The Kier molecular flexibility index (Phi) is 7.34. The van der Waals surface area contributed by atoms with Gasteiger partial charge in [-0.05, 0) is 13.0 Å². The molecule has 0 bridgehead atoms. The van der Waals surface area contributed by atoms with Crippen molar-refractivity contribution in [1.29, 1.82) is 0 Å². The first kappa shape index (κ1) is 14.0. The van der Waals surface area contributed by atoms with Gasteiger partial charge in [-0.15, -0.1) is 0 Å². The Bertz CT molecular complexity index is 145. The zero-order valence-corrected chi connectivity index (χ0v) is 10.3. The fraction of sp³-hybridized carbons (Fsp3) is 1.00. The lowest BCUT2D eigenvalue weighted by Gasteiger charge is -2.29. The molecule has 0 saturated heterocycles. The molecule has 0 aromatic heterocycles. The molecule has 0 aromatic rings. The summed E-state index contributed by atoms with van der Waals surface area (Å²) in [5, 5.41) is 0. The SMILES string of the molecule is CCC[Si](OC)(OC)OC(N)CCN. The third kappa shape index (κ3) is 4.49. The third-order valence-corrected chi connectivity index (χ3v) is 4.98. The molecule has 14 heavy (non-hydrogen) atoms. The minimum absolute atomic E-state index is 0.391. The Balaban J connectivity index is 4.18. The molecule has 0 heterocycles. The summed E-state index contributed by atoms with van der Waals surface area (Å²) in [6.45, 7) is 2.56. The van der Waals surface area contributed by atoms with Crippen molar-refractivity contribution in [3.8, 4) is 0 Å². The molecule has 0 fully saturated rings. The van der Waals surface area contributed by atoms with E-state index in [1.807, 2.05) is 0 Å². The van der Waals surface area contributed by atoms with Crippen molar-refractivity contribution in [2.45, 2.75) is 32.0 Å². The average molecular weight is 222 g/mol. The Morgan fingerprint density at radius 2 is 1.86 bits per heavy atom. The Labute approximate surface area is 87.1 Å². The second-order valence-electron chi connectivity index (χ2n) is 3.07. The van der Waals surface area contributed by atoms with Crippen LogP contribution in [0.25, 0.3) is 0 Å². The number of hydrogen-bond acceptors (Lipinski definition) is 5. The summed E-state index contributed by atoms with van der Waals surface area (Å²) >= 11 is 0. The predicted molar refractivity (Wildman–Crippen MR) is 57.6 cm³/mol. The van der Waals surface area contributed by atoms with Gasteiger partial charge in [-0.2, -0.15) is 0 Å². The Hall–Kier alpha value is 0.0169. The van der Waals surface area contributed by atoms with E-state index in [0.717, 1.165) is 12.5 Å². The van der Waals surface area contributed by atoms with E-state index in [4.69, 9.17) is 24.7 Å². The molecule has 6 heteroatoms. The quantitative estimate of drug-likeness (QED) is 0.455. The highest BCUT2D eigenvalue weighted by Crippen LogP contribution is 2.17. The van der Waals surface area contributed by atoms with Crippen LogP contribution < -0.4 is 11.5 Å². The molecule has 0 saturated carbocycles. The van der Waals surface area contributed by atoms with Crippen LogP contribution in [-0.4, -0.2) is 35.8 Å². The minimum Gasteiger partial charge on any atom is -0.377 e. The van der Waals surface area contributed by atoms with E-state index < -0.39 is 15.0 Å². The van der Waals surface area contributed by atoms with E-state index in [-0.39, 0.29) is 0 Å². The van der Waals surface area contributed by atoms with Crippen LogP contribution in [0, 0.1) is 0 Å². The zero-order chi connectivity index (χ0) is 11.0. The molecule has 0 aromatic carbocycles. The molecular weight excluding hydrogens is 200 g/mol. The highest BCUT2D eigenvalue weighted by molar-refractivity contribution is 6.60. The van der Waals surface area contributed by atoms with E-state index in [2.05, 4.69) is 6.92 Å². The average Bonchev–Trinajstić information content (AvgIpc) is 2.17. The predicted octanol–water partition coefficient (Wildman–Crippen LogP) is 0.278. The maximum atomic E-state index is 5.72. The molecule has 0 amide bonds. The summed E-state index contributed by atoms with van der Waals surface area (Å²) in [5.41, 5.74) is 11.1. The first-order chi connectivity index (χ1) is 6.64. The van der Waals surface area contributed by atoms with E-state index in [1.165, 1.54) is 0 Å². The van der Waals surface area contributed by atoms with Crippen molar-refractivity contribution in [1.82, 2.24) is 0 Å². The van der Waals surface area contributed by atoms with Crippen LogP contribution in [0.1, 0.15) is 19.8 Å². The number of rotatable bonds is 8. The maximum Gasteiger partial charge on any atom is 0.501 e. The van der Waals surface area contributed by atoms with Crippen LogP contribution in [0.4, 0.5) is 0 Å². The van der Waals surface area contributed by atoms with Crippen LogP contribution in [0.15, 0.2) is 0 Å². The van der Waals surface area contributed by atoms with Gasteiger partial charge in [0.05, 0.1) is 6.23 Å². The van der Waals surface area contributed by atoms with Crippen molar-refractivity contribution >= 4 is 8.80 Å². The molecule has 4 N–H and O–H groups in total. The molecular formula is C8H22N2O3Si. The topological polar surface area (TPSA) is 79.7 Å². The number of nitrogens with two attached hydrogens (primary N) is 2. The van der Waals surface area contributed by atoms with Crippen molar-refractivity contribution in [2.75, 3.05) is 20.8 Å². The molecule has 0 aliphatic carbocycles. The molecule has 0 aliphatic heterocycles. The summed E-state index contributed by atoms with van der Waals surface area (Å²) in [5.74, 6) is 0. The molecule has 0 rings (SSSR count). The van der Waals surface area contributed by atoms with Gasteiger partial charge >= 0.3 is 8.80 Å². The second-order valence-corrected chi connectivity index (χ2v) is 5.99. The largest absolute Gasteiger partial charge is 0.501 e. The molecule has 86 valence electrons. The van der Waals surface area contributed by atoms with Crippen LogP contribution >= 0.6 is 0 Å². The van der Waals surface area contributed by atoms with Crippen LogP contribution in [0.5, 0.6) is 0 Å². The second kappa shape index (κ2) is 7.33. The highest BCUT2D eigenvalue weighted by Gasteiger charge is 2.39. The summed E-state index contributed by atoms with van der Waals surface area (Å²) in [6.07, 6.45) is 1.17. The lowest BCUT2D eigenvalue weighted by molar-refractivity contribution is 0.0548. The first-order valence-electron chi connectivity index (χ1n) is 4.88. The van der Waals surface area contributed by atoms with Gasteiger partial charge in [-0.25, -0.2) is 0 Å². The summed E-state index contributed by atoms with van der Waals surface area (Å²) < 4.78 is 16.2. The van der Waals surface area contributed by atoms with Crippen molar-refractivity contribution in [3.63, 3.8) is 0 Å². The maximum absolute atomic E-state index is 5.72. The molecule has 0 spiro atoms. The van der Waals surface area contributed by atoms with Gasteiger partial charge in [0.1, 0.15) is 0 Å². The van der Waals surface area contributed by atoms with Crippen molar-refractivity contribution in [3.05, 3.63) is 0 Å². The van der Waals surface area contributed by atoms with Gasteiger partial charge in [0, 0.05) is 20.3 Å². The fourth-order valence-corrected chi connectivity index (χ4v) is 3.28. The fourth-order valence-electron chi connectivity index (χ4n) is 1.20. The minimum atomic E-state index is -2.52. The van der Waals surface area contributed by atoms with Crippen LogP contribution in [0.3, 0.4) is 0 Å². The normalized spacial score (nSPS) is 14.4. The van der Waals surface area contributed by atoms with Gasteiger partial charge in [0.25, 0.3) is 0 Å². The van der Waals surface area contributed by atoms with Gasteiger partial charge < -0.3 is 24.7 Å². The van der Waals surface area contributed by atoms with E-state index in [9.17, 15) is 0 Å². The van der Waals surface area contributed by atoms with E-state index in [0.29, 0.717) is 13.0 Å². The lowest BCUT2D eigenvalue weighted by atomic mass is 10.4. The first-order valence-corrected chi connectivity index (χ1v) is 6.81. The molecule has 5 nitrogen and oxygen atoms in total. The molecule has 0 radical (unpaired) electrons. The van der Waals surface area contributed by atoms with Gasteiger partial charge in [0.15, 0.2) is 0 Å². The number of hydrogen-bond donors (Lipinski definition) is 2. The standard InChI is InChI=1S/C8H22N2O3Si/c1-4-7-14(11-2,12-3)13-8(10)5-6-9/h8H,4-7,9-10H2,1-3H3. The molecule has 1 atom stereocenters. The van der Waals surface area contributed by atoms with Crippen molar-refractivity contribution in [2.24, 2.45) is 11.5 Å². The summed E-state index contributed by atoms with van der Waals surface area (Å²) in [4.78, 5) is 0. The smallest absolute Gasteiger partial charge is 0.377 e. The summed E-state index contributed by atoms with van der Waals surface area (Å²) in [7, 11) is 0.671. The van der Waals surface area contributed by atoms with Gasteiger partial charge in [-0.1, -0.05) is 13.3 Å². The van der Waals surface area contributed by atoms with Crippen molar-refractivity contribution < 1.29 is 13.3 Å². The Morgan fingerprint density at radius 1 is 1.29 bits per heavy atom. The zero-order valence-electron chi connectivity index (χ0n) is 9.29. The van der Waals surface area contributed by atoms with Gasteiger partial charge in [0.2, 0.25) is 0 Å².